The van der Waals surface area contributed by atoms with Gasteiger partial charge in [-0.25, -0.2) is 0 Å². The van der Waals surface area contributed by atoms with Gasteiger partial charge < -0.3 is 10.3 Å². The number of halogens is 1. The Morgan fingerprint density at radius 2 is 2.00 bits per heavy atom. The van der Waals surface area contributed by atoms with Crippen LogP contribution in [0.2, 0.25) is 5.02 Å². The minimum atomic E-state index is -0.441. The van der Waals surface area contributed by atoms with Crippen LogP contribution in [0.1, 0.15) is 15.9 Å². The van der Waals surface area contributed by atoms with Gasteiger partial charge >= 0.3 is 0 Å². The molecule has 0 aliphatic carbocycles. The normalized spacial score (nSPS) is 10.6. The van der Waals surface area contributed by atoms with Gasteiger partial charge in [0.05, 0.1) is 5.52 Å². The molecule has 0 spiro atoms. The molecular weight excluding hydrogens is 300 g/mol. The lowest BCUT2D eigenvalue weighted by Gasteiger charge is -2.07. The lowest BCUT2D eigenvalue weighted by atomic mass is 10.1. The maximum atomic E-state index is 12.4. The lowest BCUT2D eigenvalue weighted by Crippen LogP contribution is -2.21. The summed E-state index contributed by atoms with van der Waals surface area (Å²) in [5.74, 6) is -0.441. The molecule has 1 aromatic heterocycles. The van der Waals surface area contributed by atoms with Crippen molar-refractivity contribution in [2.75, 3.05) is 5.32 Å². The Hall–Kier alpha value is -2.59. The van der Waals surface area contributed by atoms with Gasteiger partial charge in [0, 0.05) is 22.3 Å². The molecule has 3 aromatic rings. The second-order valence-electron chi connectivity index (χ2n) is 5.04. The smallest absolute Gasteiger partial charge is 0.261 e. The summed E-state index contributed by atoms with van der Waals surface area (Å²) in [6, 6.07) is 12.3. The Labute approximate surface area is 131 Å². The Bertz CT molecular complexity index is 931. The van der Waals surface area contributed by atoms with Crippen LogP contribution >= 0.6 is 11.6 Å². The van der Waals surface area contributed by atoms with Gasteiger partial charge in [0.25, 0.3) is 5.91 Å². The number of hydrogen-bond acceptors (Lipinski definition) is 2. The number of rotatable bonds is 2. The number of benzene rings is 2. The van der Waals surface area contributed by atoms with Crippen molar-refractivity contribution in [3.8, 4) is 0 Å². The molecule has 5 heteroatoms. The van der Waals surface area contributed by atoms with E-state index in [1.807, 2.05) is 25.1 Å². The summed E-state index contributed by atoms with van der Waals surface area (Å²) < 4.78 is 0. The highest BCUT2D eigenvalue weighted by atomic mass is 35.5. The van der Waals surface area contributed by atoms with E-state index in [2.05, 4.69) is 10.3 Å². The molecule has 0 saturated heterocycles. The summed E-state index contributed by atoms with van der Waals surface area (Å²) in [7, 11) is 0. The first-order chi connectivity index (χ1) is 10.5. The van der Waals surface area contributed by atoms with Crippen molar-refractivity contribution < 1.29 is 4.79 Å². The zero-order valence-electron chi connectivity index (χ0n) is 11.8. The van der Waals surface area contributed by atoms with Gasteiger partial charge in [0.15, 0.2) is 0 Å². The minimum Gasteiger partial charge on any atom is -0.360 e. The monoisotopic (exact) mass is 312 g/mol. The predicted octanol–water partition coefficient (Wildman–Crippen LogP) is 3.74. The summed E-state index contributed by atoms with van der Waals surface area (Å²) in [5, 5.41) is 3.69. The molecule has 4 nitrogen and oxygen atoms in total. The van der Waals surface area contributed by atoms with Gasteiger partial charge in [0.2, 0.25) is 5.43 Å². The molecule has 0 fully saturated rings. The molecule has 1 heterocycles. The van der Waals surface area contributed by atoms with Crippen molar-refractivity contribution in [2.24, 2.45) is 0 Å². The molecule has 22 heavy (non-hydrogen) atoms. The third-order valence-corrected chi connectivity index (χ3v) is 3.60. The molecule has 0 bridgehead atoms. The van der Waals surface area contributed by atoms with Gasteiger partial charge in [-0.3, -0.25) is 9.59 Å². The molecule has 1 amide bonds. The standard InChI is InChI=1S/C17H13ClN2O2/c1-10-3-2-4-12(7-10)20-17(22)14-9-19-15-8-11(18)5-6-13(15)16(14)21/h2-9H,1H3,(H,19,21)(H,20,22). The largest absolute Gasteiger partial charge is 0.360 e. The zero-order chi connectivity index (χ0) is 15.7. The molecule has 0 aliphatic rings. The second-order valence-corrected chi connectivity index (χ2v) is 5.48. The van der Waals surface area contributed by atoms with E-state index >= 15 is 0 Å². The van der Waals surface area contributed by atoms with E-state index in [4.69, 9.17) is 11.6 Å². The van der Waals surface area contributed by atoms with Crippen LogP contribution in [0.4, 0.5) is 5.69 Å². The molecule has 0 saturated carbocycles. The van der Waals surface area contributed by atoms with Gasteiger partial charge in [-0.05, 0) is 42.8 Å². The topological polar surface area (TPSA) is 62.0 Å². The fraction of sp³-hybridized carbons (Fsp3) is 0.0588. The zero-order valence-corrected chi connectivity index (χ0v) is 12.6. The number of amides is 1. The number of carbonyl (C=O) groups is 1. The SMILES string of the molecule is Cc1cccc(NC(=O)c2c[nH]c3cc(Cl)ccc3c2=O)c1. The number of fused-ring (bicyclic) bond motifs is 1. The Morgan fingerprint density at radius 1 is 1.18 bits per heavy atom. The first kappa shape index (κ1) is 14.4. The van der Waals surface area contributed by atoms with E-state index in [-0.39, 0.29) is 11.0 Å². The summed E-state index contributed by atoms with van der Waals surface area (Å²) in [4.78, 5) is 27.6. The quantitative estimate of drug-likeness (QED) is 0.757. The average molecular weight is 313 g/mol. The van der Waals surface area contributed by atoms with Gasteiger partial charge in [-0.2, -0.15) is 0 Å². The third kappa shape index (κ3) is 2.73. The van der Waals surface area contributed by atoms with Crippen LogP contribution in [0.3, 0.4) is 0 Å². The van der Waals surface area contributed by atoms with Crippen molar-refractivity contribution in [3.63, 3.8) is 0 Å². The predicted molar refractivity (Wildman–Crippen MR) is 88.7 cm³/mol. The maximum Gasteiger partial charge on any atom is 0.261 e. The maximum absolute atomic E-state index is 12.4. The van der Waals surface area contributed by atoms with E-state index < -0.39 is 5.91 Å². The highest BCUT2D eigenvalue weighted by molar-refractivity contribution is 6.31. The minimum absolute atomic E-state index is 0.0660. The fourth-order valence-corrected chi connectivity index (χ4v) is 2.46. The van der Waals surface area contributed by atoms with Crippen molar-refractivity contribution in [3.05, 3.63) is 75.0 Å². The lowest BCUT2D eigenvalue weighted by molar-refractivity contribution is 0.102. The van der Waals surface area contributed by atoms with Crippen LogP contribution in [-0.4, -0.2) is 10.9 Å². The first-order valence-electron chi connectivity index (χ1n) is 6.73. The second kappa shape index (κ2) is 5.66. The van der Waals surface area contributed by atoms with E-state index in [1.54, 1.807) is 24.3 Å². The molecule has 2 aromatic carbocycles. The number of anilines is 1. The van der Waals surface area contributed by atoms with E-state index in [0.717, 1.165) is 5.56 Å². The van der Waals surface area contributed by atoms with Crippen molar-refractivity contribution in [1.29, 1.82) is 0 Å². The number of carbonyl (C=O) groups excluding carboxylic acids is 1. The molecule has 0 atom stereocenters. The Balaban J connectivity index is 1.99. The van der Waals surface area contributed by atoms with Crippen LogP contribution in [0.15, 0.2) is 53.5 Å². The number of H-pyrrole nitrogens is 1. The van der Waals surface area contributed by atoms with E-state index in [0.29, 0.717) is 21.6 Å². The molecule has 0 aliphatic heterocycles. The number of aryl methyl sites for hydroxylation is 1. The number of aromatic amines is 1. The molecule has 110 valence electrons. The van der Waals surface area contributed by atoms with Crippen LogP contribution in [0, 0.1) is 6.92 Å². The molecular formula is C17H13ClN2O2. The number of aromatic nitrogens is 1. The Morgan fingerprint density at radius 3 is 2.77 bits per heavy atom. The van der Waals surface area contributed by atoms with Gasteiger partial charge in [-0.1, -0.05) is 23.7 Å². The molecule has 3 rings (SSSR count). The molecule has 0 unspecified atom stereocenters. The Kier molecular flexibility index (Phi) is 3.69. The third-order valence-electron chi connectivity index (χ3n) is 3.36. The number of hydrogen-bond donors (Lipinski definition) is 2. The average Bonchev–Trinajstić information content (AvgIpc) is 2.47. The van der Waals surface area contributed by atoms with E-state index in [1.165, 1.54) is 6.20 Å². The summed E-state index contributed by atoms with van der Waals surface area (Å²) >= 11 is 5.89. The summed E-state index contributed by atoms with van der Waals surface area (Å²) in [6.07, 6.45) is 1.41. The van der Waals surface area contributed by atoms with E-state index in [9.17, 15) is 9.59 Å². The molecule has 0 radical (unpaired) electrons. The first-order valence-corrected chi connectivity index (χ1v) is 7.11. The molecule has 2 N–H and O–H groups in total. The van der Waals surface area contributed by atoms with Crippen LogP contribution in [0.5, 0.6) is 0 Å². The summed E-state index contributed by atoms with van der Waals surface area (Å²) in [5.41, 5.74) is 2.02. The number of pyridine rings is 1. The fourth-order valence-electron chi connectivity index (χ4n) is 2.28. The van der Waals surface area contributed by atoms with Crippen LogP contribution in [-0.2, 0) is 0 Å². The van der Waals surface area contributed by atoms with Crippen molar-refractivity contribution in [1.82, 2.24) is 4.98 Å². The highest BCUT2D eigenvalue weighted by Gasteiger charge is 2.13. The number of nitrogens with one attached hydrogen (secondary N) is 2. The van der Waals surface area contributed by atoms with Crippen LogP contribution < -0.4 is 10.7 Å². The van der Waals surface area contributed by atoms with Crippen LogP contribution in [0.25, 0.3) is 10.9 Å². The van der Waals surface area contributed by atoms with Gasteiger partial charge in [-0.15, -0.1) is 0 Å². The summed E-state index contributed by atoms with van der Waals surface area (Å²) in [6.45, 7) is 1.93. The highest BCUT2D eigenvalue weighted by Crippen LogP contribution is 2.16. The van der Waals surface area contributed by atoms with Gasteiger partial charge in [0.1, 0.15) is 5.56 Å². The van der Waals surface area contributed by atoms with Crippen molar-refractivity contribution in [2.45, 2.75) is 6.92 Å². The van der Waals surface area contributed by atoms with Crippen molar-refractivity contribution >= 4 is 34.1 Å².